The third-order valence-corrected chi connectivity index (χ3v) is 4.49. The van der Waals surface area contributed by atoms with Crippen LogP contribution in [-0.4, -0.2) is 16.5 Å². The summed E-state index contributed by atoms with van der Waals surface area (Å²) < 4.78 is 1.09. The molecule has 0 aliphatic heterocycles. The second-order valence-electron chi connectivity index (χ2n) is 4.15. The standard InChI is InChI=1S/C11H13BrO2S/c12-10-2-1-9(15-10)7-11(14)5-3-8(13)4-6-11/h1-2,14H,3-7H2. The molecule has 0 aromatic carbocycles. The molecule has 0 saturated heterocycles. The van der Waals surface area contributed by atoms with Crippen LogP contribution >= 0.6 is 27.3 Å². The van der Waals surface area contributed by atoms with Crippen LogP contribution in [0.3, 0.4) is 0 Å². The number of thiophene rings is 1. The van der Waals surface area contributed by atoms with E-state index in [4.69, 9.17) is 0 Å². The second-order valence-corrected chi connectivity index (χ2v) is 6.69. The fourth-order valence-electron chi connectivity index (χ4n) is 1.94. The highest BCUT2D eigenvalue weighted by molar-refractivity contribution is 9.11. The topological polar surface area (TPSA) is 37.3 Å². The largest absolute Gasteiger partial charge is 0.389 e. The molecule has 2 nitrogen and oxygen atoms in total. The van der Waals surface area contributed by atoms with Crippen LogP contribution in [0.25, 0.3) is 0 Å². The van der Waals surface area contributed by atoms with E-state index in [1.165, 1.54) is 4.88 Å². The number of hydrogen-bond donors (Lipinski definition) is 1. The van der Waals surface area contributed by atoms with Gasteiger partial charge in [0, 0.05) is 24.1 Å². The van der Waals surface area contributed by atoms with Gasteiger partial charge in [0.2, 0.25) is 0 Å². The maximum atomic E-state index is 11.1. The van der Waals surface area contributed by atoms with Crippen LogP contribution in [0.2, 0.25) is 0 Å². The van der Waals surface area contributed by atoms with Gasteiger partial charge in [-0.05, 0) is 40.9 Å². The van der Waals surface area contributed by atoms with Crippen molar-refractivity contribution in [2.75, 3.05) is 0 Å². The van der Waals surface area contributed by atoms with Crippen LogP contribution in [0.1, 0.15) is 30.6 Å². The lowest BCUT2D eigenvalue weighted by molar-refractivity contribution is -0.125. The smallest absolute Gasteiger partial charge is 0.133 e. The van der Waals surface area contributed by atoms with Crippen LogP contribution < -0.4 is 0 Å². The first-order valence-corrected chi connectivity index (χ1v) is 6.67. The first-order valence-electron chi connectivity index (χ1n) is 5.06. The molecule has 0 radical (unpaired) electrons. The summed E-state index contributed by atoms with van der Waals surface area (Å²) in [5.74, 6) is 0.284. The Balaban J connectivity index is 2.01. The Bertz CT molecular complexity index is 362. The van der Waals surface area contributed by atoms with E-state index in [1.54, 1.807) is 11.3 Å². The molecule has 82 valence electrons. The minimum absolute atomic E-state index is 0.284. The highest BCUT2D eigenvalue weighted by Crippen LogP contribution is 2.32. The van der Waals surface area contributed by atoms with Crippen molar-refractivity contribution in [3.05, 3.63) is 20.8 Å². The Morgan fingerprint density at radius 3 is 2.60 bits per heavy atom. The monoisotopic (exact) mass is 288 g/mol. The summed E-state index contributed by atoms with van der Waals surface area (Å²) in [5, 5.41) is 10.3. The number of hydrogen-bond acceptors (Lipinski definition) is 3. The zero-order valence-electron chi connectivity index (χ0n) is 8.33. The van der Waals surface area contributed by atoms with Gasteiger partial charge in [-0.1, -0.05) is 0 Å². The molecule has 1 N–H and O–H groups in total. The molecule has 1 saturated carbocycles. The van der Waals surface area contributed by atoms with Crippen molar-refractivity contribution in [2.24, 2.45) is 0 Å². The predicted molar refractivity (Wildman–Crippen MR) is 64.1 cm³/mol. The van der Waals surface area contributed by atoms with Crippen molar-refractivity contribution in [2.45, 2.75) is 37.7 Å². The third-order valence-electron chi connectivity index (χ3n) is 2.87. The van der Waals surface area contributed by atoms with Crippen LogP contribution in [-0.2, 0) is 11.2 Å². The van der Waals surface area contributed by atoms with Gasteiger partial charge in [-0.15, -0.1) is 11.3 Å². The SMILES string of the molecule is O=C1CCC(O)(Cc2ccc(Br)s2)CC1. The maximum Gasteiger partial charge on any atom is 0.133 e. The average molecular weight is 289 g/mol. The van der Waals surface area contributed by atoms with Gasteiger partial charge in [0.1, 0.15) is 5.78 Å². The van der Waals surface area contributed by atoms with Crippen LogP contribution in [0, 0.1) is 0 Å². The number of Topliss-reactive ketones (excluding diaryl/α,β-unsaturated/α-hetero) is 1. The average Bonchev–Trinajstić information content (AvgIpc) is 2.57. The minimum atomic E-state index is -0.655. The number of aliphatic hydroxyl groups is 1. The lowest BCUT2D eigenvalue weighted by Crippen LogP contribution is -2.36. The molecule has 1 aromatic rings. The molecular weight excluding hydrogens is 276 g/mol. The van der Waals surface area contributed by atoms with Crippen molar-refractivity contribution in [1.29, 1.82) is 0 Å². The summed E-state index contributed by atoms with van der Waals surface area (Å²) in [6.45, 7) is 0. The molecule has 0 unspecified atom stereocenters. The second kappa shape index (κ2) is 4.36. The number of halogens is 1. The van der Waals surface area contributed by atoms with Crippen molar-refractivity contribution < 1.29 is 9.90 Å². The predicted octanol–water partition coefficient (Wildman–Crippen LogP) is 2.93. The Morgan fingerprint density at radius 2 is 2.07 bits per heavy atom. The molecule has 0 spiro atoms. The molecule has 1 aliphatic carbocycles. The van der Waals surface area contributed by atoms with E-state index in [0.29, 0.717) is 32.1 Å². The lowest BCUT2D eigenvalue weighted by atomic mass is 9.81. The minimum Gasteiger partial charge on any atom is -0.389 e. The number of rotatable bonds is 2. The Labute approximate surface area is 101 Å². The van der Waals surface area contributed by atoms with Crippen molar-refractivity contribution >= 4 is 33.0 Å². The van der Waals surface area contributed by atoms with Gasteiger partial charge in [0.05, 0.1) is 9.39 Å². The maximum absolute atomic E-state index is 11.1. The van der Waals surface area contributed by atoms with Crippen molar-refractivity contribution in [3.8, 4) is 0 Å². The van der Waals surface area contributed by atoms with E-state index in [2.05, 4.69) is 15.9 Å². The first-order chi connectivity index (χ1) is 7.07. The lowest BCUT2D eigenvalue weighted by Gasteiger charge is -2.30. The van der Waals surface area contributed by atoms with Gasteiger partial charge in [-0.2, -0.15) is 0 Å². The summed E-state index contributed by atoms with van der Waals surface area (Å²) in [7, 11) is 0. The molecule has 1 aliphatic rings. The van der Waals surface area contributed by atoms with Crippen LogP contribution in [0.15, 0.2) is 15.9 Å². The Hall–Kier alpha value is -0.190. The number of ketones is 1. The zero-order valence-corrected chi connectivity index (χ0v) is 10.7. The zero-order chi connectivity index (χ0) is 10.9. The van der Waals surface area contributed by atoms with Gasteiger partial charge in [-0.25, -0.2) is 0 Å². The van der Waals surface area contributed by atoms with E-state index >= 15 is 0 Å². The highest BCUT2D eigenvalue weighted by atomic mass is 79.9. The molecule has 1 fully saturated rings. The van der Waals surface area contributed by atoms with Gasteiger partial charge >= 0.3 is 0 Å². The number of carbonyl (C=O) groups excluding carboxylic acids is 1. The molecule has 1 aromatic heterocycles. The Morgan fingerprint density at radius 1 is 1.40 bits per heavy atom. The molecule has 2 rings (SSSR count). The molecule has 1 heterocycles. The fraction of sp³-hybridized carbons (Fsp3) is 0.545. The van der Waals surface area contributed by atoms with Gasteiger partial charge in [-0.3, -0.25) is 4.79 Å². The van der Waals surface area contributed by atoms with E-state index in [1.807, 2.05) is 12.1 Å². The number of carbonyl (C=O) groups is 1. The third kappa shape index (κ3) is 2.89. The molecular formula is C11H13BrO2S. The fourth-order valence-corrected chi connectivity index (χ4v) is 3.56. The molecule has 15 heavy (non-hydrogen) atoms. The molecule has 0 atom stereocenters. The van der Waals surface area contributed by atoms with Gasteiger partial charge in [0.15, 0.2) is 0 Å². The van der Waals surface area contributed by atoms with Gasteiger partial charge < -0.3 is 5.11 Å². The molecule has 0 amide bonds. The summed E-state index contributed by atoms with van der Waals surface area (Å²) in [6, 6.07) is 4.03. The van der Waals surface area contributed by atoms with Crippen molar-refractivity contribution in [3.63, 3.8) is 0 Å². The van der Waals surface area contributed by atoms with E-state index in [9.17, 15) is 9.90 Å². The summed E-state index contributed by atoms with van der Waals surface area (Å²) in [6.07, 6.45) is 2.96. The van der Waals surface area contributed by atoms with Crippen LogP contribution in [0.4, 0.5) is 0 Å². The summed E-state index contributed by atoms with van der Waals surface area (Å²) >= 11 is 5.06. The van der Waals surface area contributed by atoms with E-state index < -0.39 is 5.60 Å². The highest BCUT2D eigenvalue weighted by Gasteiger charge is 2.32. The summed E-state index contributed by atoms with van der Waals surface area (Å²) in [4.78, 5) is 12.3. The van der Waals surface area contributed by atoms with E-state index in [0.717, 1.165) is 3.79 Å². The first kappa shape index (κ1) is 11.3. The van der Waals surface area contributed by atoms with E-state index in [-0.39, 0.29) is 5.78 Å². The quantitative estimate of drug-likeness (QED) is 0.909. The molecule has 4 heteroatoms. The van der Waals surface area contributed by atoms with Gasteiger partial charge in [0.25, 0.3) is 0 Å². The Kier molecular flexibility index (Phi) is 3.28. The normalized spacial score (nSPS) is 20.5. The van der Waals surface area contributed by atoms with Crippen molar-refractivity contribution in [1.82, 2.24) is 0 Å². The van der Waals surface area contributed by atoms with Crippen LogP contribution in [0.5, 0.6) is 0 Å². The summed E-state index contributed by atoms with van der Waals surface area (Å²) in [5.41, 5.74) is -0.655. The molecule has 0 bridgehead atoms.